The first-order valence-electron chi connectivity index (χ1n) is 5.70. The molecule has 1 rings (SSSR count). The summed E-state index contributed by atoms with van der Waals surface area (Å²) >= 11 is 2.55. The molecule has 0 aliphatic heterocycles. The van der Waals surface area contributed by atoms with E-state index >= 15 is 0 Å². The second-order valence-corrected chi connectivity index (χ2v) is 5.91. The first-order chi connectivity index (χ1) is 9.08. The summed E-state index contributed by atoms with van der Waals surface area (Å²) < 4.78 is 0. The lowest BCUT2D eigenvalue weighted by molar-refractivity contribution is -0.136. The van der Waals surface area contributed by atoms with Crippen molar-refractivity contribution in [3.8, 4) is 6.07 Å². The number of carboxylic acid groups (broad SMARTS) is 1. The quantitative estimate of drug-likeness (QED) is 0.807. The average Bonchev–Trinajstić information content (AvgIpc) is 2.81. The van der Waals surface area contributed by atoms with E-state index in [0.717, 1.165) is 0 Å². The van der Waals surface area contributed by atoms with Crippen molar-refractivity contribution in [3.05, 3.63) is 17.0 Å². The Kier molecular flexibility index (Phi) is 6.39. The zero-order chi connectivity index (χ0) is 14.3. The van der Waals surface area contributed by atoms with E-state index in [9.17, 15) is 9.59 Å². The molecule has 0 spiro atoms. The van der Waals surface area contributed by atoms with Gasteiger partial charge in [-0.15, -0.1) is 23.1 Å². The highest BCUT2D eigenvalue weighted by Crippen LogP contribution is 2.22. The van der Waals surface area contributed by atoms with Crippen LogP contribution in [0.1, 0.15) is 25.3 Å². The van der Waals surface area contributed by atoms with Gasteiger partial charge in [0.25, 0.3) is 0 Å². The molecule has 1 unspecified atom stereocenters. The highest BCUT2D eigenvalue weighted by atomic mass is 32.2. The standard InChI is InChI=1S/C12H14N2O3S2/c1-2-9(12(16)17)18-6-4-10(15)14-11-8(7-13)3-5-19-11/h3,5,9H,2,4,6H2,1H3,(H,14,15)(H,16,17). The summed E-state index contributed by atoms with van der Waals surface area (Å²) in [5.74, 6) is -0.603. The van der Waals surface area contributed by atoms with E-state index in [1.54, 1.807) is 18.4 Å². The molecule has 0 radical (unpaired) electrons. The molecule has 1 heterocycles. The lowest BCUT2D eigenvalue weighted by Gasteiger charge is -2.08. The molecule has 0 aliphatic carbocycles. The van der Waals surface area contributed by atoms with Gasteiger partial charge in [0, 0.05) is 12.2 Å². The van der Waals surface area contributed by atoms with Crippen LogP contribution in [0.3, 0.4) is 0 Å². The molecule has 1 aromatic rings. The second kappa shape index (κ2) is 7.81. The molecule has 0 fully saturated rings. The van der Waals surface area contributed by atoms with Gasteiger partial charge in [-0.1, -0.05) is 6.92 Å². The Morgan fingerprint density at radius 3 is 2.95 bits per heavy atom. The van der Waals surface area contributed by atoms with Crippen molar-refractivity contribution < 1.29 is 14.7 Å². The van der Waals surface area contributed by atoms with Crippen molar-refractivity contribution in [3.63, 3.8) is 0 Å². The van der Waals surface area contributed by atoms with Gasteiger partial charge in [-0.2, -0.15) is 5.26 Å². The molecule has 1 atom stereocenters. The number of rotatable bonds is 7. The highest BCUT2D eigenvalue weighted by Gasteiger charge is 2.16. The van der Waals surface area contributed by atoms with Crippen LogP contribution in [0.25, 0.3) is 0 Å². The van der Waals surface area contributed by atoms with Crippen LogP contribution in [0, 0.1) is 11.3 Å². The average molecular weight is 298 g/mol. The summed E-state index contributed by atoms with van der Waals surface area (Å²) in [6, 6.07) is 3.64. The third kappa shape index (κ3) is 4.93. The Labute approximate surface area is 119 Å². The number of thioether (sulfide) groups is 1. The number of thiophene rings is 1. The van der Waals surface area contributed by atoms with Crippen molar-refractivity contribution in [2.45, 2.75) is 25.0 Å². The summed E-state index contributed by atoms with van der Waals surface area (Å²) in [5, 5.41) is 22.1. The zero-order valence-corrected chi connectivity index (χ0v) is 12.0. The van der Waals surface area contributed by atoms with Crippen molar-refractivity contribution in [1.82, 2.24) is 0 Å². The number of amides is 1. The second-order valence-electron chi connectivity index (χ2n) is 3.68. The van der Waals surface area contributed by atoms with Gasteiger partial charge >= 0.3 is 5.97 Å². The molecule has 5 nitrogen and oxygen atoms in total. The topological polar surface area (TPSA) is 90.2 Å². The fourth-order valence-electron chi connectivity index (χ4n) is 1.34. The van der Waals surface area contributed by atoms with Crippen LogP contribution in [0.5, 0.6) is 0 Å². The number of nitrogens with one attached hydrogen (secondary N) is 1. The number of anilines is 1. The van der Waals surface area contributed by atoms with E-state index in [1.807, 2.05) is 6.07 Å². The van der Waals surface area contributed by atoms with Crippen LogP contribution in [-0.2, 0) is 9.59 Å². The van der Waals surface area contributed by atoms with Gasteiger partial charge in [-0.25, -0.2) is 0 Å². The predicted octanol–water partition coefficient (Wildman–Crippen LogP) is 2.54. The van der Waals surface area contributed by atoms with Crippen molar-refractivity contribution >= 4 is 40.0 Å². The number of carboxylic acids is 1. The molecule has 0 aliphatic rings. The van der Waals surface area contributed by atoms with Gasteiger partial charge in [-0.05, 0) is 17.9 Å². The minimum absolute atomic E-state index is 0.202. The van der Waals surface area contributed by atoms with Crippen molar-refractivity contribution in [1.29, 1.82) is 5.26 Å². The Morgan fingerprint density at radius 2 is 2.37 bits per heavy atom. The minimum Gasteiger partial charge on any atom is -0.480 e. The molecule has 19 heavy (non-hydrogen) atoms. The van der Waals surface area contributed by atoms with E-state index in [-0.39, 0.29) is 12.3 Å². The monoisotopic (exact) mass is 298 g/mol. The molecule has 102 valence electrons. The molecule has 0 saturated heterocycles. The number of hydrogen-bond donors (Lipinski definition) is 2. The summed E-state index contributed by atoms with van der Waals surface area (Å²) in [6.45, 7) is 1.80. The number of hydrogen-bond acceptors (Lipinski definition) is 5. The molecule has 1 amide bonds. The van der Waals surface area contributed by atoms with Crippen LogP contribution in [0.4, 0.5) is 5.00 Å². The lowest BCUT2D eigenvalue weighted by atomic mass is 10.3. The van der Waals surface area contributed by atoms with Crippen LogP contribution in [0.2, 0.25) is 0 Å². The Morgan fingerprint density at radius 1 is 1.63 bits per heavy atom. The Hall–Kier alpha value is -1.52. The number of carbonyl (C=O) groups is 2. The number of carbonyl (C=O) groups excluding carboxylic acids is 1. The first kappa shape index (κ1) is 15.5. The van der Waals surface area contributed by atoms with Gasteiger partial charge in [-0.3, -0.25) is 9.59 Å². The van der Waals surface area contributed by atoms with Gasteiger partial charge in [0.05, 0.1) is 5.56 Å². The molecular formula is C12H14N2O3S2. The molecule has 7 heteroatoms. The fraction of sp³-hybridized carbons (Fsp3) is 0.417. The smallest absolute Gasteiger partial charge is 0.316 e. The SMILES string of the molecule is CCC(SCCC(=O)Nc1sccc1C#N)C(=O)O. The molecule has 1 aromatic heterocycles. The number of nitrogens with zero attached hydrogens (tertiary/aromatic N) is 1. The molecule has 0 saturated carbocycles. The Bertz CT molecular complexity index is 493. The molecular weight excluding hydrogens is 284 g/mol. The van der Waals surface area contributed by atoms with Crippen LogP contribution in [-0.4, -0.2) is 28.0 Å². The summed E-state index contributed by atoms with van der Waals surface area (Å²) in [7, 11) is 0. The third-order valence-corrected chi connectivity index (χ3v) is 4.54. The van der Waals surface area contributed by atoms with Gasteiger partial charge in [0.2, 0.25) is 5.91 Å². The van der Waals surface area contributed by atoms with E-state index in [0.29, 0.717) is 22.7 Å². The van der Waals surface area contributed by atoms with E-state index in [1.165, 1.54) is 23.1 Å². The molecule has 0 aromatic carbocycles. The van der Waals surface area contributed by atoms with Crippen molar-refractivity contribution in [2.75, 3.05) is 11.1 Å². The maximum Gasteiger partial charge on any atom is 0.316 e. The molecule has 0 bridgehead atoms. The minimum atomic E-state index is -0.849. The van der Waals surface area contributed by atoms with Crippen LogP contribution < -0.4 is 5.32 Å². The normalized spacial score (nSPS) is 11.6. The van der Waals surface area contributed by atoms with Crippen molar-refractivity contribution in [2.24, 2.45) is 0 Å². The van der Waals surface area contributed by atoms with Gasteiger partial charge < -0.3 is 10.4 Å². The Balaban J connectivity index is 2.37. The summed E-state index contributed by atoms with van der Waals surface area (Å²) in [4.78, 5) is 22.4. The maximum absolute atomic E-state index is 11.6. The first-order valence-corrected chi connectivity index (χ1v) is 7.63. The predicted molar refractivity (Wildman–Crippen MR) is 76.5 cm³/mol. The lowest BCUT2D eigenvalue weighted by Crippen LogP contribution is -2.17. The summed E-state index contributed by atoms with van der Waals surface area (Å²) in [5.41, 5.74) is 0.447. The van der Waals surface area contributed by atoms with Gasteiger partial charge in [0.1, 0.15) is 16.3 Å². The number of aliphatic carboxylic acids is 1. The summed E-state index contributed by atoms with van der Waals surface area (Å²) in [6.07, 6.45) is 0.766. The number of nitriles is 1. The van der Waals surface area contributed by atoms with E-state index in [4.69, 9.17) is 10.4 Å². The third-order valence-electron chi connectivity index (χ3n) is 2.33. The van der Waals surface area contributed by atoms with Crippen LogP contribution in [0.15, 0.2) is 11.4 Å². The highest BCUT2D eigenvalue weighted by molar-refractivity contribution is 8.00. The fourth-order valence-corrected chi connectivity index (χ4v) is 3.06. The van der Waals surface area contributed by atoms with Gasteiger partial charge in [0.15, 0.2) is 0 Å². The molecule has 2 N–H and O–H groups in total. The maximum atomic E-state index is 11.6. The largest absolute Gasteiger partial charge is 0.480 e. The van der Waals surface area contributed by atoms with E-state index in [2.05, 4.69) is 5.32 Å². The zero-order valence-electron chi connectivity index (χ0n) is 10.4. The van der Waals surface area contributed by atoms with Crippen LogP contribution >= 0.6 is 23.1 Å². The van der Waals surface area contributed by atoms with E-state index < -0.39 is 11.2 Å².